The lowest BCUT2D eigenvalue weighted by molar-refractivity contribution is -0.134. The van der Waals surface area contributed by atoms with Crippen LogP contribution in [0.5, 0.6) is 11.5 Å². The third kappa shape index (κ3) is 3.44. The minimum atomic E-state index is -0.428. The normalized spacial score (nSPS) is 12.8. The second-order valence-corrected chi connectivity index (χ2v) is 6.30. The summed E-state index contributed by atoms with van der Waals surface area (Å²) in [6.45, 7) is 5.37. The molecule has 1 aromatic heterocycles. The van der Waals surface area contributed by atoms with Gasteiger partial charge in [0.1, 0.15) is 17.3 Å². The van der Waals surface area contributed by atoms with Gasteiger partial charge in [-0.25, -0.2) is 0 Å². The van der Waals surface area contributed by atoms with Crippen molar-refractivity contribution in [3.8, 4) is 11.5 Å². The first-order valence-corrected chi connectivity index (χ1v) is 8.10. The molecule has 25 heavy (non-hydrogen) atoms. The standard InChI is InChI=1S/C18H16ClNO5/c1-9(2)17-16(22)12-5-6-13(10(3)18(12)24-17)23-15(21)7-4-11-8-14(19)20-25-11/h5-6,8H,4,7H2,1-3H3. The highest BCUT2D eigenvalue weighted by atomic mass is 35.5. The molecular weight excluding hydrogens is 346 g/mol. The van der Waals surface area contributed by atoms with Crippen molar-refractivity contribution in [2.75, 3.05) is 0 Å². The Morgan fingerprint density at radius 2 is 2.08 bits per heavy atom. The third-order valence-corrected chi connectivity index (χ3v) is 3.97. The molecule has 3 rings (SSSR count). The van der Waals surface area contributed by atoms with Crippen LogP contribution in [0.15, 0.2) is 34.1 Å². The Labute approximate surface area is 149 Å². The van der Waals surface area contributed by atoms with Gasteiger partial charge in [0, 0.05) is 18.1 Å². The minimum absolute atomic E-state index is 0.112. The zero-order valence-corrected chi connectivity index (χ0v) is 14.8. The van der Waals surface area contributed by atoms with E-state index in [4.69, 9.17) is 25.6 Å². The fraction of sp³-hybridized carbons (Fsp3) is 0.278. The van der Waals surface area contributed by atoms with Crippen LogP contribution in [0.1, 0.15) is 41.9 Å². The van der Waals surface area contributed by atoms with Crippen molar-refractivity contribution >= 4 is 23.4 Å². The molecule has 0 N–H and O–H groups in total. The number of fused-ring (bicyclic) bond motifs is 1. The van der Waals surface area contributed by atoms with Gasteiger partial charge in [0.15, 0.2) is 10.9 Å². The molecule has 7 heteroatoms. The first kappa shape index (κ1) is 17.2. The van der Waals surface area contributed by atoms with Crippen molar-refractivity contribution < 1.29 is 23.6 Å². The van der Waals surface area contributed by atoms with Crippen LogP contribution in [-0.4, -0.2) is 16.9 Å². The number of ketones is 1. The maximum atomic E-state index is 12.3. The summed E-state index contributed by atoms with van der Waals surface area (Å²) in [6.07, 6.45) is 0.445. The summed E-state index contributed by atoms with van der Waals surface area (Å²) in [6, 6.07) is 4.77. The molecule has 0 aliphatic carbocycles. The quantitative estimate of drug-likeness (QED) is 0.464. The Hall–Kier alpha value is -2.60. The van der Waals surface area contributed by atoms with E-state index < -0.39 is 5.97 Å². The Kier molecular flexibility index (Phi) is 4.63. The molecule has 0 amide bonds. The van der Waals surface area contributed by atoms with Gasteiger partial charge >= 0.3 is 5.97 Å². The number of Topliss-reactive ketones (excluding diaryl/α,β-unsaturated/α-hetero) is 1. The highest BCUT2D eigenvalue weighted by Crippen LogP contribution is 2.39. The topological polar surface area (TPSA) is 78.6 Å². The lowest BCUT2D eigenvalue weighted by Crippen LogP contribution is -2.10. The molecule has 0 saturated heterocycles. The van der Waals surface area contributed by atoms with Crippen molar-refractivity contribution in [3.63, 3.8) is 0 Å². The molecule has 1 aliphatic rings. The van der Waals surface area contributed by atoms with Crippen LogP contribution in [0.3, 0.4) is 0 Å². The molecule has 0 radical (unpaired) electrons. The minimum Gasteiger partial charge on any atom is -0.452 e. The SMILES string of the molecule is CC(C)=C1Oc2c(ccc(OC(=O)CCc3cc(Cl)no3)c2C)C1=O. The fourth-order valence-electron chi connectivity index (χ4n) is 2.50. The van der Waals surface area contributed by atoms with Crippen LogP contribution in [0, 0.1) is 6.92 Å². The zero-order valence-electron chi connectivity index (χ0n) is 14.0. The Morgan fingerprint density at radius 1 is 1.32 bits per heavy atom. The average molecular weight is 362 g/mol. The van der Waals surface area contributed by atoms with Crippen molar-refractivity contribution in [1.29, 1.82) is 0 Å². The van der Waals surface area contributed by atoms with Crippen molar-refractivity contribution in [2.45, 2.75) is 33.6 Å². The van der Waals surface area contributed by atoms with E-state index in [1.165, 1.54) is 0 Å². The number of esters is 1. The molecule has 0 fully saturated rings. The molecule has 0 bridgehead atoms. The Morgan fingerprint density at radius 3 is 2.72 bits per heavy atom. The molecule has 0 unspecified atom stereocenters. The van der Waals surface area contributed by atoms with Gasteiger partial charge in [0.05, 0.1) is 12.0 Å². The summed E-state index contributed by atoms with van der Waals surface area (Å²) in [4.78, 5) is 24.3. The van der Waals surface area contributed by atoms with Crippen molar-refractivity contribution in [3.05, 3.63) is 51.6 Å². The van der Waals surface area contributed by atoms with Gasteiger partial charge in [-0.3, -0.25) is 9.59 Å². The predicted molar refractivity (Wildman–Crippen MR) is 90.0 cm³/mol. The second-order valence-electron chi connectivity index (χ2n) is 5.92. The highest BCUT2D eigenvalue weighted by Gasteiger charge is 2.31. The Bertz CT molecular complexity index is 893. The van der Waals surface area contributed by atoms with E-state index in [2.05, 4.69) is 5.16 Å². The van der Waals surface area contributed by atoms with Gasteiger partial charge in [-0.05, 0) is 38.5 Å². The van der Waals surface area contributed by atoms with E-state index in [-0.39, 0.29) is 17.4 Å². The first-order valence-electron chi connectivity index (χ1n) is 7.72. The molecule has 2 aromatic rings. The number of ether oxygens (including phenoxy) is 2. The summed E-state index contributed by atoms with van der Waals surface area (Å²) in [5.41, 5.74) is 1.88. The summed E-state index contributed by atoms with van der Waals surface area (Å²) >= 11 is 5.66. The molecule has 0 spiro atoms. The maximum Gasteiger partial charge on any atom is 0.311 e. The van der Waals surface area contributed by atoms with Crippen LogP contribution < -0.4 is 9.47 Å². The molecule has 6 nitrogen and oxygen atoms in total. The van der Waals surface area contributed by atoms with Crippen LogP contribution in [0.25, 0.3) is 0 Å². The first-order chi connectivity index (χ1) is 11.9. The number of halogens is 1. The van der Waals surface area contributed by atoms with Gasteiger partial charge in [-0.2, -0.15) is 0 Å². The lowest BCUT2D eigenvalue weighted by atomic mass is 10.1. The molecule has 130 valence electrons. The zero-order chi connectivity index (χ0) is 18.1. The monoisotopic (exact) mass is 361 g/mol. The molecule has 0 saturated carbocycles. The summed E-state index contributed by atoms with van der Waals surface area (Å²) < 4.78 is 16.0. The summed E-state index contributed by atoms with van der Waals surface area (Å²) in [5.74, 6) is 1.05. The Balaban J connectivity index is 1.72. The maximum absolute atomic E-state index is 12.3. The highest BCUT2D eigenvalue weighted by molar-refractivity contribution is 6.29. The number of allylic oxidation sites excluding steroid dienone is 2. The number of hydrogen-bond donors (Lipinski definition) is 0. The largest absolute Gasteiger partial charge is 0.452 e. The van der Waals surface area contributed by atoms with Gasteiger partial charge in [-0.1, -0.05) is 16.8 Å². The number of rotatable bonds is 4. The molecule has 2 heterocycles. The predicted octanol–water partition coefficient (Wildman–Crippen LogP) is 4.04. The van der Waals surface area contributed by atoms with Crippen molar-refractivity contribution in [1.82, 2.24) is 5.16 Å². The smallest absolute Gasteiger partial charge is 0.311 e. The average Bonchev–Trinajstić information content (AvgIpc) is 3.12. The molecular formula is C18H16ClNO5. The lowest BCUT2D eigenvalue weighted by Gasteiger charge is -2.10. The van der Waals surface area contributed by atoms with Gasteiger partial charge in [0.2, 0.25) is 5.78 Å². The molecule has 1 aliphatic heterocycles. The van der Waals surface area contributed by atoms with Crippen molar-refractivity contribution in [2.24, 2.45) is 0 Å². The van der Waals surface area contributed by atoms with E-state index in [0.717, 1.165) is 5.57 Å². The van der Waals surface area contributed by atoms with E-state index in [9.17, 15) is 9.59 Å². The van der Waals surface area contributed by atoms with E-state index in [1.54, 1.807) is 25.1 Å². The second kappa shape index (κ2) is 6.72. The summed E-state index contributed by atoms with van der Waals surface area (Å²) in [7, 11) is 0. The van der Waals surface area contributed by atoms with E-state index in [1.807, 2.05) is 13.8 Å². The van der Waals surface area contributed by atoms with Crippen LogP contribution in [0.2, 0.25) is 5.15 Å². The number of aryl methyl sites for hydroxylation is 1. The fourth-order valence-corrected chi connectivity index (χ4v) is 2.66. The number of benzene rings is 1. The number of carbonyl (C=O) groups excluding carboxylic acids is 2. The van der Waals surface area contributed by atoms with E-state index in [0.29, 0.717) is 40.6 Å². The third-order valence-electron chi connectivity index (χ3n) is 3.79. The number of carbonyl (C=O) groups is 2. The number of nitrogens with zero attached hydrogens (tertiary/aromatic N) is 1. The van der Waals surface area contributed by atoms with Gasteiger partial charge < -0.3 is 14.0 Å². The van der Waals surface area contributed by atoms with Gasteiger partial charge in [-0.15, -0.1) is 0 Å². The summed E-state index contributed by atoms with van der Waals surface area (Å²) in [5, 5.41) is 3.79. The molecule has 0 atom stereocenters. The molecule has 1 aromatic carbocycles. The van der Waals surface area contributed by atoms with E-state index >= 15 is 0 Å². The number of aromatic nitrogens is 1. The number of hydrogen-bond acceptors (Lipinski definition) is 6. The van der Waals surface area contributed by atoms with Crippen LogP contribution >= 0.6 is 11.6 Å². The van der Waals surface area contributed by atoms with Crippen LogP contribution in [-0.2, 0) is 11.2 Å². The van der Waals surface area contributed by atoms with Gasteiger partial charge in [0.25, 0.3) is 0 Å². The van der Waals surface area contributed by atoms with Crippen LogP contribution in [0.4, 0.5) is 0 Å².